The maximum atomic E-state index is 13.5. The van der Waals surface area contributed by atoms with E-state index in [1.165, 1.54) is 30.4 Å². The Bertz CT molecular complexity index is 531. The lowest BCUT2D eigenvalue weighted by Gasteiger charge is -2.35. The standard InChI is InChI=1S/C17H22F2N2O/c1-3-21-11-9-13(10-12-21)20(2)17(22)8-7-14-15(18)5-4-6-16(14)19/h4-8,13H,3,9-12H2,1-2H3/b8-7+. The Labute approximate surface area is 130 Å². The zero-order valence-electron chi connectivity index (χ0n) is 13.1. The molecule has 1 aromatic carbocycles. The van der Waals surface area contributed by atoms with Crippen LogP contribution >= 0.6 is 0 Å². The molecule has 3 nitrogen and oxygen atoms in total. The largest absolute Gasteiger partial charge is 0.339 e. The van der Waals surface area contributed by atoms with Crippen LogP contribution in [-0.2, 0) is 4.79 Å². The number of likely N-dealkylation sites (N-methyl/N-ethyl adjacent to an activating group) is 1. The third-order valence-electron chi connectivity index (χ3n) is 4.29. The minimum atomic E-state index is -0.664. The second kappa shape index (κ2) is 7.49. The average molecular weight is 308 g/mol. The maximum absolute atomic E-state index is 13.5. The van der Waals surface area contributed by atoms with Crippen molar-refractivity contribution in [3.63, 3.8) is 0 Å². The molecule has 0 unspecified atom stereocenters. The van der Waals surface area contributed by atoms with Crippen molar-refractivity contribution in [1.82, 2.24) is 9.80 Å². The van der Waals surface area contributed by atoms with Crippen LogP contribution < -0.4 is 0 Å². The van der Waals surface area contributed by atoms with Gasteiger partial charge in [0.25, 0.3) is 0 Å². The van der Waals surface area contributed by atoms with Gasteiger partial charge >= 0.3 is 0 Å². The molecule has 1 amide bonds. The summed E-state index contributed by atoms with van der Waals surface area (Å²) in [4.78, 5) is 16.2. The molecule has 1 heterocycles. The van der Waals surface area contributed by atoms with E-state index in [2.05, 4.69) is 11.8 Å². The first kappa shape index (κ1) is 16.6. The minimum absolute atomic E-state index is 0.176. The molecule has 120 valence electrons. The lowest BCUT2D eigenvalue weighted by Crippen LogP contribution is -2.45. The molecule has 1 fully saturated rings. The number of rotatable bonds is 4. The van der Waals surface area contributed by atoms with E-state index >= 15 is 0 Å². The second-order valence-corrected chi connectivity index (χ2v) is 5.58. The van der Waals surface area contributed by atoms with Crippen molar-refractivity contribution in [3.05, 3.63) is 41.5 Å². The normalized spacial score (nSPS) is 17.1. The van der Waals surface area contributed by atoms with Crippen molar-refractivity contribution in [2.75, 3.05) is 26.7 Å². The molecule has 0 saturated carbocycles. The number of carbonyl (C=O) groups excluding carboxylic acids is 1. The molecule has 0 radical (unpaired) electrons. The van der Waals surface area contributed by atoms with Crippen LogP contribution in [0.15, 0.2) is 24.3 Å². The number of carbonyl (C=O) groups is 1. The molecule has 0 aromatic heterocycles. The van der Waals surface area contributed by atoms with Gasteiger partial charge in [-0.2, -0.15) is 0 Å². The van der Waals surface area contributed by atoms with Gasteiger partial charge in [-0.05, 0) is 37.6 Å². The van der Waals surface area contributed by atoms with Gasteiger partial charge in [-0.1, -0.05) is 13.0 Å². The molecule has 1 saturated heterocycles. The van der Waals surface area contributed by atoms with Crippen molar-refractivity contribution in [3.8, 4) is 0 Å². The van der Waals surface area contributed by atoms with Crippen LogP contribution in [0.5, 0.6) is 0 Å². The highest BCUT2D eigenvalue weighted by Gasteiger charge is 2.23. The van der Waals surface area contributed by atoms with E-state index in [1.54, 1.807) is 11.9 Å². The quantitative estimate of drug-likeness (QED) is 0.799. The Balaban J connectivity index is 1.98. The van der Waals surface area contributed by atoms with E-state index in [9.17, 15) is 13.6 Å². The monoisotopic (exact) mass is 308 g/mol. The van der Waals surface area contributed by atoms with E-state index < -0.39 is 11.6 Å². The van der Waals surface area contributed by atoms with Gasteiger partial charge in [0.2, 0.25) is 5.91 Å². The summed E-state index contributed by atoms with van der Waals surface area (Å²) in [5, 5.41) is 0. The number of amides is 1. The predicted octanol–water partition coefficient (Wildman–Crippen LogP) is 2.92. The molecule has 0 N–H and O–H groups in total. The lowest BCUT2D eigenvalue weighted by atomic mass is 10.0. The number of benzene rings is 1. The van der Waals surface area contributed by atoms with E-state index in [0.29, 0.717) is 0 Å². The highest BCUT2D eigenvalue weighted by Crippen LogP contribution is 2.17. The minimum Gasteiger partial charge on any atom is -0.339 e. The zero-order valence-corrected chi connectivity index (χ0v) is 13.1. The first-order valence-electron chi connectivity index (χ1n) is 7.64. The number of nitrogens with zero attached hydrogens (tertiary/aromatic N) is 2. The van der Waals surface area contributed by atoms with E-state index in [4.69, 9.17) is 0 Å². The molecular formula is C17H22F2N2O. The number of likely N-dealkylation sites (tertiary alicyclic amines) is 1. The third kappa shape index (κ3) is 3.91. The van der Waals surface area contributed by atoms with Gasteiger partial charge in [-0.15, -0.1) is 0 Å². The summed E-state index contributed by atoms with van der Waals surface area (Å²) in [6.45, 7) is 5.10. The molecule has 0 atom stereocenters. The fourth-order valence-electron chi connectivity index (χ4n) is 2.74. The van der Waals surface area contributed by atoms with E-state index in [1.807, 2.05) is 0 Å². The van der Waals surface area contributed by atoms with Crippen molar-refractivity contribution < 1.29 is 13.6 Å². The van der Waals surface area contributed by atoms with Crippen molar-refractivity contribution in [2.24, 2.45) is 0 Å². The predicted molar refractivity (Wildman–Crippen MR) is 83.3 cm³/mol. The molecular weight excluding hydrogens is 286 g/mol. The Kier molecular flexibility index (Phi) is 5.66. The zero-order chi connectivity index (χ0) is 16.1. The van der Waals surface area contributed by atoms with Gasteiger partial charge < -0.3 is 9.80 Å². The number of piperidine rings is 1. The molecule has 1 aromatic rings. The summed E-state index contributed by atoms with van der Waals surface area (Å²) < 4.78 is 27.0. The Hall–Kier alpha value is -1.75. The SMILES string of the molecule is CCN1CCC(N(C)C(=O)/C=C/c2c(F)cccc2F)CC1. The number of hydrogen-bond donors (Lipinski definition) is 0. The molecule has 2 rings (SSSR count). The highest BCUT2D eigenvalue weighted by atomic mass is 19.1. The molecule has 5 heteroatoms. The average Bonchev–Trinajstić information content (AvgIpc) is 2.53. The van der Waals surface area contributed by atoms with Crippen LogP contribution in [0.4, 0.5) is 8.78 Å². The van der Waals surface area contributed by atoms with E-state index in [0.717, 1.165) is 32.5 Å². The molecule has 0 aliphatic carbocycles. The molecule has 1 aliphatic heterocycles. The second-order valence-electron chi connectivity index (χ2n) is 5.58. The van der Waals surface area contributed by atoms with Crippen molar-refractivity contribution in [2.45, 2.75) is 25.8 Å². The lowest BCUT2D eigenvalue weighted by molar-refractivity contribution is -0.127. The van der Waals surface area contributed by atoms with Crippen molar-refractivity contribution >= 4 is 12.0 Å². The van der Waals surface area contributed by atoms with Crippen LogP contribution in [0, 0.1) is 11.6 Å². The van der Waals surface area contributed by atoms with Gasteiger partial charge in [0.15, 0.2) is 0 Å². The van der Waals surface area contributed by atoms with Gasteiger partial charge in [-0.25, -0.2) is 8.78 Å². The van der Waals surface area contributed by atoms with Crippen molar-refractivity contribution in [1.29, 1.82) is 0 Å². The number of hydrogen-bond acceptors (Lipinski definition) is 2. The molecule has 22 heavy (non-hydrogen) atoms. The first-order valence-corrected chi connectivity index (χ1v) is 7.64. The highest BCUT2D eigenvalue weighted by molar-refractivity contribution is 5.91. The molecule has 1 aliphatic rings. The Morgan fingerprint density at radius 2 is 1.91 bits per heavy atom. The van der Waals surface area contributed by atoms with Crippen LogP contribution in [0.2, 0.25) is 0 Å². The maximum Gasteiger partial charge on any atom is 0.246 e. The summed E-state index contributed by atoms with van der Waals surface area (Å²) in [6, 6.07) is 3.84. The molecule has 0 spiro atoms. The Morgan fingerprint density at radius 3 is 2.45 bits per heavy atom. The summed E-state index contributed by atoms with van der Waals surface area (Å²) in [6.07, 6.45) is 4.31. The van der Waals surface area contributed by atoms with Gasteiger partial charge in [0.05, 0.1) is 0 Å². The topological polar surface area (TPSA) is 23.6 Å². The van der Waals surface area contributed by atoms with Crippen LogP contribution in [0.3, 0.4) is 0 Å². The van der Waals surface area contributed by atoms with Crippen LogP contribution in [0.25, 0.3) is 6.08 Å². The fraction of sp³-hybridized carbons (Fsp3) is 0.471. The third-order valence-corrected chi connectivity index (χ3v) is 4.29. The van der Waals surface area contributed by atoms with Gasteiger partial charge in [-0.3, -0.25) is 4.79 Å². The Morgan fingerprint density at radius 1 is 1.32 bits per heavy atom. The van der Waals surface area contributed by atoms with Gasteiger partial charge in [0, 0.05) is 37.8 Å². The first-order chi connectivity index (χ1) is 10.5. The summed E-state index contributed by atoms with van der Waals surface area (Å²) in [7, 11) is 1.75. The summed E-state index contributed by atoms with van der Waals surface area (Å²) in [5.74, 6) is -1.55. The molecule has 0 bridgehead atoms. The van der Waals surface area contributed by atoms with Crippen LogP contribution in [0.1, 0.15) is 25.3 Å². The van der Waals surface area contributed by atoms with E-state index in [-0.39, 0.29) is 17.5 Å². The van der Waals surface area contributed by atoms with Gasteiger partial charge in [0.1, 0.15) is 11.6 Å². The summed E-state index contributed by atoms with van der Waals surface area (Å²) in [5.41, 5.74) is -0.176. The smallest absolute Gasteiger partial charge is 0.246 e. The number of halogens is 2. The fourth-order valence-corrected chi connectivity index (χ4v) is 2.74. The summed E-state index contributed by atoms with van der Waals surface area (Å²) >= 11 is 0. The van der Waals surface area contributed by atoms with Crippen LogP contribution in [-0.4, -0.2) is 48.4 Å².